The minimum absolute atomic E-state index is 0.0495. The van der Waals surface area contributed by atoms with Gasteiger partial charge in [0.2, 0.25) is 0 Å². The Balaban J connectivity index is 1.63. The van der Waals surface area contributed by atoms with E-state index in [2.05, 4.69) is 5.32 Å². The highest BCUT2D eigenvalue weighted by molar-refractivity contribution is 7.24. The molecular weight excluding hydrogens is 374 g/mol. The zero-order chi connectivity index (χ0) is 18.4. The van der Waals surface area contributed by atoms with Crippen molar-refractivity contribution in [2.24, 2.45) is 0 Å². The average molecular weight is 387 g/mol. The van der Waals surface area contributed by atoms with Gasteiger partial charge in [0.1, 0.15) is 0 Å². The van der Waals surface area contributed by atoms with Gasteiger partial charge in [0.25, 0.3) is 5.91 Å². The Hall–Kier alpha value is -3.02. The molecular formula is C22H13NO2S2. The van der Waals surface area contributed by atoms with E-state index in [4.69, 9.17) is 0 Å². The smallest absolute Gasteiger partial charge is 0.265 e. The summed E-state index contributed by atoms with van der Waals surface area (Å²) >= 11 is 3.01. The van der Waals surface area contributed by atoms with Gasteiger partial charge >= 0.3 is 0 Å². The maximum absolute atomic E-state index is 13.0. The second kappa shape index (κ2) is 6.30. The summed E-state index contributed by atoms with van der Waals surface area (Å²) in [6.45, 7) is 0. The molecule has 1 amide bonds. The summed E-state index contributed by atoms with van der Waals surface area (Å²) in [6, 6.07) is 22.9. The molecule has 130 valence electrons. The molecule has 0 aliphatic heterocycles. The first kappa shape index (κ1) is 16.2. The number of thiophene rings is 1. The second-order valence-corrected chi connectivity index (χ2v) is 8.38. The number of nitrogens with one attached hydrogen (secondary N) is 1. The van der Waals surface area contributed by atoms with E-state index in [0.29, 0.717) is 21.3 Å². The predicted octanol–water partition coefficient (Wildman–Crippen LogP) is 5.88. The van der Waals surface area contributed by atoms with Crippen LogP contribution in [0.15, 0.2) is 77.6 Å². The summed E-state index contributed by atoms with van der Waals surface area (Å²) in [4.78, 5) is 26.5. The Morgan fingerprint density at radius 2 is 1.52 bits per heavy atom. The molecule has 5 rings (SSSR count). The van der Waals surface area contributed by atoms with E-state index in [1.54, 1.807) is 17.4 Å². The van der Waals surface area contributed by atoms with Crippen LogP contribution in [0, 0.1) is 0 Å². The summed E-state index contributed by atoms with van der Waals surface area (Å²) < 4.78 is 2.88. The first-order chi connectivity index (χ1) is 13.2. The van der Waals surface area contributed by atoms with Crippen molar-refractivity contribution in [3.63, 3.8) is 0 Å². The molecule has 0 aliphatic carbocycles. The second-order valence-electron chi connectivity index (χ2n) is 6.21. The van der Waals surface area contributed by atoms with Crippen LogP contribution in [0.4, 0.5) is 5.69 Å². The minimum atomic E-state index is -0.193. The molecule has 0 radical (unpaired) electrons. The van der Waals surface area contributed by atoms with Crippen molar-refractivity contribution >= 4 is 64.5 Å². The molecule has 2 heterocycles. The summed E-state index contributed by atoms with van der Waals surface area (Å²) in [5.41, 5.74) is 0.508. The van der Waals surface area contributed by atoms with E-state index in [1.165, 1.54) is 11.3 Å². The van der Waals surface area contributed by atoms with Crippen LogP contribution in [0.5, 0.6) is 0 Å². The van der Waals surface area contributed by atoms with Crippen molar-refractivity contribution in [3.8, 4) is 0 Å². The molecule has 5 aromatic rings. The molecule has 0 bridgehead atoms. The highest BCUT2D eigenvalue weighted by Crippen LogP contribution is 2.30. The van der Waals surface area contributed by atoms with E-state index >= 15 is 0 Å². The average Bonchev–Trinajstić information content (AvgIpc) is 3.13. The predicted molar refractivity (Wildman–Crippen MR) is 115 cm³/mol. The first-order valence-corrected chi connectivity index (χ1v) is 10.1. The van der Waals surface area contributed by atoms with Gasteiger partial charge in [0, 0.05) is 19.5 Å². The maximum atomic E-state index is 13.0. The van der Waals surface area contributed by atoms with Gasteiger partial charge in [-0.25, -0.2) is 0 Å². The lowest BCUT2D eigenvalue weighted by molar-refractivity contribution is 0.103. The lowest BCUT2D eigenvalue weighted by atomic mass is 10.1. The van der Waals surface area contributed by atoms with Gasteiger partial charge in [-0.2, -0.15) is 0 Å². The third-order valence-electron chi connectivity index (χ3n) is 4.50. The van der Waals surface area contributed by atoms with Crippen molar-refractivity contribution < 1.29 is 4.79 Å². The Kier molecular flexibility index (Phi) is 3.77. The van der Waals surface area contributed by atoms with Gasteiger partial charge in [-0.1, -0.05) is 36.4 Å². The fourth-order valence-electron chi connectivity index (χ4n) is 3.23. The van der Waals surface area contributed by atoms with Gasteiger partial charge in [0.05, 0.1) is 16.0 Å². The molecule has 2 aromatic heterocycles. The zero-order valence-corrected chi connectivity index (χ0v) is 15.7. The minimum Gasteiger partial charge on any atom is -0.321 e. The van der Waals surface area contributed by atoms with Crippen LogP contribution in [0.3, 0.4) is 0 Å². The number of hydrogen-bond donors (Lipinski definition) is 1. The van der Waals surface area contributed by atoms with Crippen molar-refractivity contribution in [2.75, 3.05) is 5.32 Å². The van der Waals surface area contributed by atoms with Crippen LogP contribution in [-0.4, -0.2) is 5.91 Å². The van der Waals surface area contributed by atoms with E-state index in [9.17, 15) is 9.59 Å². The highest BCUT2D eigenvalue weighted by Gasteiger charge is 2.14. The normalized spacial score (nSPS) is 11.3. The third-order valence-corrected chi connectivity index (χ3v) is 6.75. The molecule has 0 atom stereocenters. The Bertz CT molecular complexity index is 1370. The Morgan fingerprint density at radius 3 is 2.37 bits per heavy atom. The van der Waals surface area contributed by atoms with E-state index in [0.717, 1.165) is 19.5 Å². The van der Waals surface area contributed by atoms with E-state index in [1.807, 2.05) is 66.7 Å². The number of benzene rings is 3. The molecule has 0 aliphatic rings. The lowest BCUT2D eigenvalue weighted by Crippen LogP contribution is -2.13. The molecule has 0 spiro atoms. The van der Waals surface area contributed by atoms with Crippen LogP contribution < -0.4 is 10.7 Å². The quantitative estimate of drug-likeness (QED) is 0.384. The van der Waals surface area contributed by atoms with Crippen molar-refractivity contribution in [1.29, 1.82) is 0 Å². The largest absolute Gasteiger partial charge is 0.321 e. The number of anilines is 1. The van der Waals surface area contributed by atoms with Gasteiger partial charge in [-0.05, 0) is 41.8 Å². The fraction of sp³-hybridized carbons (Fsp3) is 0. The maximum Gasteiger partial charge on any atom is 0.265 e. The topological polar surface area (TPSA) is 46.2 Å². The third kappa shape index (κ3) is 2.72. The monoisotopic (exact) mass is 387 g/mol. The van der Waals surface area contributed by atoms with Crippen molar-refractivity contribution in [3.05, 3.63) is 87.9 Å². The molecule has 0 saturated heterocycles. The number of carbonyl (C=O) groups excluding carboxylic acids is 1. The SMILES string of the molecule is O=C(Nc1cccc2sc3ccccc3c(=O)c12)c1cc2ccccc2s1. The number of carbonyl (C=O) groups is 1. The first-order valence-electron chi connectivity index (χ1n) is 8.45. The number of rotatable bonds is 2. The molecule has 0 saturated carbocycles. The number of hydrogen-bond acceptors (Lipinski definition) is 4. The Morgan fingerprint density at radius 1 is 0.778 bits per heavy atom. The van der Waals surface area contributed by atoms with Gasteiger partial charge in [-0.15, -0.1) is 22.7 Å². The van der Waals surface area contributed by atoms with Gasteiger partial charge in [-0.3, -0.25) is 9.59 Å². The van der Waals surface area contributed by atoms with Crippen LogP contribution >= 0.6 is 22.7 Å². The molecule has 0 unspecified atom stereocenters. The molecule has 5 heteroatoms. The van der Waals surface area contributed by atoms with Gasteiger partial charge in [0.15, 0.2) is 5.43 Å². The van der Waals surface area contributed by atoms with Crippen molar-refractivity contribution in [2.45, 2.75) is 0 Å². The summed E-state index contributed by atoms with van der Waals surface area (Å²) in [7, 11) is 0. The zero-order valence-electron chi connectivity index (χ0n) is 14.1. The molecule has 1 N–H and O–H groups in total. The van der Waals surface area contributed by atoms with E-state index < -0.39 is 0 Å². The van der Waals surface area contributed by atoms with Gasteiger partial charge < -0.3 is 5.32 Å². The fourth-order valence-corrected chi connectivity index (χ4v) is 5.29. The highest BCUT2D eigenvalue weighted by atomic mass is 32.1. The molecule has 0 fully saturated rings. The van der Waals surface area contributed by atoms with Crippen LogP contribution in [0.2, 0.25) is 0 Å². The lowest BCUT2D eigenvalue weighted by Gasteiger charge is -2.08. The summed E-state index contributed by atoms with van der Waals surface area (Å²) in [5, 5.41) is 5.24. The summed E-state index contributed by atoms with van der Waals surface area (Å²) in [6.07, 6.45) is 0. The molecule has 3 aromatic carbocycles. The number of amides is 1. The Labute approximate surface area is 162 Å². The van der Waals surface area contributed by atoms with Crippen LogP contribution in [0.1, 0.15) is 9.67 Å². The standard InChI is InChI=1S/C22H13NO2S2/c24-21-14-7-2-4-10-17(14)27-18-11-5-8-15(20(18)21)23-22(25)19-12-13-6-1-3-9-16(13)26-19/h1-12H,(H,23,25). The van der Waals surface area contributed by atoms with Crippen LogP contribution in [0.25, 0.3) is 30.3 Å². The van der Waals surface area contributed by atoms with E-state index in [-0.39, 0.29) is 11.3 Å². The summed E-state index contributed by atoms with van der Waals surface area (Å²) in [5.74, 6) is -0.193. The van der Waals surface area contributed by atoms with Crippen LogP contribution in [-0.2, 0) is 0 Å². The van der Waals surface area contributed by atoms with Crippen molar-refractivity contribution in [1.82, 2.24) is 0 Å². The molecule has 3 nitrogen and oxygen atoms in total. The molecule has 27 heavy (non-hydrogen) atoms. The number of fused-ring (bicyclic) bond motifs is 3.